The largest absolute Gasteiger partial charge is 0.323 e. The summed E-state index contributed by atoms with van der Waals surface area (Å²) in [6.07, 6.45) is 1.85. The maximum absolute atomic E-state index is 5.92. The summed E-state index contributed by atoms with van der Waals surface area (Å²) in [5.41, 5.74) is 7.32. The molecule has 2 rings (SSSR count). The molecule has 1 atom stereocenters. The Kier molecular flexibility index (Phi) is 2.80. The second-order valence-electron chi connectivity index (χ2n) is 5.72. The summed E-state index contributed by atoms with van der Waals surface area (Å²) in [6.45, 7) is 10.9. The van der Waals surface area contributed by atoms with Crippen molar-refractivity contribution < 1.29 is 0 Å². The Morgan fingerprint density at radius 2 is 2.06 bits per heavy atom. The molecule has 1 fully saturated rings. The minimum atomic E-state index is 0.0613. The average Bonchev–Trinajstić information content (AvgIpc) is 2.46. The molecule has 0 aromatic carbocycles. The Morgan fingerprint density at radius 3 is 2.56 bits per heavy atom. The van der Waals surface area contributed by atoms with Crippen molar-refractivity contribution in [3.63, 3.8) is 0 Å². The molecular weight excluding hydrogens is 200 g/mol. The van der Waals surface area contributed by atoms with Crippen molar-refractivity contribution in [2.75, 3.05) is 13.1 Å². The van der Waals surface area contributed by atoms with Crippen molar-refractivity contribution in [2.24, 2.45) is 5.73 Å². The van der Waals surface area contributed by atoms with Crippen LogP contribution in [0, 0.1) is 0 Å². The number of aromatic nitrogens is 2. The molecular formula is C12H22N4. The van der Waals surface area contributed by atoms with Gasteiger partial charge >= 0.3 is 0 Å². The summed E-state index contributed by atoms with van der Waals surface area (Å²) < 4.78 is 2.09. The molecule has 0 bridgehead atoms. The van der Waals surface area contributed by atoms with Gasteiger partial charge in [0.2, 0.25) is 0 Å². The molecule has 4 heteroatoms. The minimum absolute atomic E-state index is 0.0613. The Balaban J connectivity index is 2.04. The lowest BCUT2D eigenvalue weighted by molar-refractivity contribution is 0.0140. The normalized spacial score (nSPS) is 20.8. The lowest BCUT2D eigenvalue weighted by atomic mass is 9.97. The molecule has 16 heavy (non-hydrogen) atoms. The molecule has 2 heterocycles. The number of hydrogen-bond donors (Lipinski definition) is 1. The second-order valence-corrected chi connectivity index (χ2v) is 5.72. The number of rotatable bonds is 2. The van der Waals surface area contributed by atoms with Gasteiger partial charge in [-0.3, -0.25) is 9.58 Å². The highest BCUT2D eigenvalue weighted by molar-refractivity contribution is 5.08. The fourth-order valence-corrected chi connectivity index (χ4v) is 2.15. The van der Waals surface area contributed by atoms with Gasteiger partial charge in [0.05, 0.1) is 11.7 Å². The third kappa shape index (κ3) is 1.99. The quantitative estimate of drug-likeness (QED) is 0.826. The molecule has 1 aromatic heterocycles. The first-order valence-corrected chi connectivity index (χ1v) is 5.93. The molecule has 1 aromatic rings. The molecule has 1 aliphatic heterocycles. The first-order chi connectivity index (χ1) is 7.39. The zero-order valence-corrected chi connectivity index (χ0v) is 10.6. The van der Waals surface area contributed by atoms with E-state index in [0.29, 0.717) is 6.04 Å². The van der Waals surface area contributed by atoms with Gasteiger partial charge < -0.3 is 5.73 Å². The van der Waals surface area contributed by atoms with Crippen LogP contribution >= 0.6 is 0 Å². The van der Waals surface area contributed by atoms with Gasteiger partial charge in [-0.15, -0.1) is 0 Å². The highest BCUT2D eigenvalue weighted by Crippen LogP contribution is 2.29. The van der Waals surface area contributed by atoms with Crippen LogP contribution in [0.1, 0.15) is 45.5 Å². The standard InChI is InChI=1S/C12H22N4/c1-9(13)11-5-6-14-16(11)10-7-15(8-10)12(2,3)4/h5-6,9-10H,7-8,13H2,1-4H3. The number of hydrogen-bond acceptors (Lipinski definition) is 3. The predicted molar refractivity (Wildman–Crippen MR) is 65.2 cm³/mol. The highest BCUT2D eigenvalue weighted by atomic mass is 15.4. The van der Waals surface area contributed by atoms with Crippen molar-refractivity contribution in [3.8, 4) is 0 Å². The number of nitrogens with zero attached hydrogens (tertiary/aromatic N) is 3. The summed E-state index contributed by atoms with van der Waals surface area (Å²) in [7, 11) is 0. The van der Waals surface area contributed by atoms with E-state index in [2.05, 4.69) is 35.5 Å². The second kappa shape index (κ2) is 3.86. The van der Waals surface area contributed by atoms with Gasteiger partial charge in [-0.1, -0.05) is 0 Å². The van der Waals surface area contributed by atoms with Crippen molar-refractivity contribution >= 4 is 0 Å². The van der Waals surface area contributed by atoms with E-state index in [1.807, 2.05) is 19.2 Å². The predicted octanol–water partition coefficient (Wildman–Crippen LogP) is 1.56. The Hall–Kier alpha value is -0.870. The monoisotopic (exact) mass is 222 g/mol. The van der Waals surface area contributed by atoms with Gasteiger partial charge in [-0.05, 0) is 33.8 Å². The van der Waals surface area contributed by atoms with E-state index in [1.165, 1.54) is 0 Å². The summed E-state index contributed by atoms with van der Waals surface area (Å²) in [6, 6.07) is 2.58. The number of nitrogens with two attached hydrogens (primary N) is 1. The van der Waals surface area contributed by atoms with E-state index >= 15 is 0 Å². The van der Waals surface area contributed by atoms with E-state index in [4.69, 9.17) is 5.73 Å². The fraction of sp³-hybridized carbons (Fsp3) is 0.750. The van der Waals surface area contributed by atoms with Crippen LogP contribution in [-0.2, 0) is 0 Å². The fourth-order valence-electron chi connectivity index (χ4n) is 2.15. The molecule has 4 nitrogen and oxygen atoms in total. The van der Waals surface area contributed by atoms with E-state index in [1.54, 1.807) is 0 Å². The van der Waals surface area contributed by atoms with Gasteiger partial charge in [0.25, 0.3) is 0 Å². The van der Waals surface area contributed by atoms with Crippen molar-refractivity contribution in [3.05, 3.63) is 18.0 Å². The SMILES string of the molecule is CC(N)c1ccnn1C1CN(C(C)(C)C)C1. The molecule has 1 aliphatic rings. The molecule has 0 amide bonds. The van der Waals surface area contributed by atoms with E-state index < -0.39 is 0 Å². The van der Waals surface area contributed by atoms with Gasteiger partial charge in [0, 0.05) is 30.9 Å². The van der Waals surface area contributed by atoms with Crippen LogP contribution in [-0.4, -0.2) is 33.3 Å². The van der Waals surface area contributed by atoms with Gasteiger partial charge in [-0.2, -0.15) is 5.10 Å². The first kappa shape index (κ1) is 11.6. The van der Waals surface area contributed by atoms with Crippen LogP contribution in [0.5, 0.6) is 0 Å². The first-order valence-electron chi connectivity index (χ1n) is 5.93. The Morgan fingerprint density at radius 1 is 1.44 bits per heavy atom. The minimum Gasteiger partial charge on any atom is -0.323 e. The maximum atomic E-state index is 5.92. The topological polar surface area (TPSA) is 47.1 Å². The van der Waals surface area contributed by atoms with Crippen LogP contribution in [0.2, 0.25) is 0 Å². The zero-order chi connectivity index (χ0) is 11.9. The molecule has 1 saturated heterocycles. The van der Waals surface area contributed by atoms with E-state index in [0.717, 1.165) is 18.8 Å². The Bertz CT molecular complexity index is 355. The van der Waals surface area contributed by atoms with Crippen LogP contribution in [0.15, 0.2) is 12.3 Å². The van der Waals surface area contributed by atoms with Gasteiger partial charge in [-0.25, -0.2) is 0 Å². The number of likely N-dealkylation sites (tertiary alicyclic amines) is 1. The summed E-state index contributed by atoms with van der Waals surface area (Å²) in [4.78, 5) is 2.46. The van der Waals surface area contributed by atoms with Gasteiger partial charge in [0.15, 0.2) is 0 Å². The smallest absolute Gasteiger partial charge is 0.0777 e. The lowest BCUT2D eigenvalue weighted by Crippen LogP contribution is -2.56. The molecule has 0 radical (unpaired) electrons. The zero-order valence-electron chi connectivity index (χ0n) is 10.6. The summed E-state index contributed by atoms with van der Waals surface area (Å²) >= 11 is 0. The van der Waals surface area contributed by atoms with E-state index in [-0.39, 0.29) is 11.6 Å². The highest BCUT2D eigenvalue weighted by Gasteiger charge is 2.36. The molecule has 90 valence electrons. The van der Waals surface area contributed by atoms with E-state index in [9.17, 15) is 0 Å². The van der Waals surface area contributed by atoms with Crippen LogP contribution in [0.25, 0.3) is 0 Å². The Labute approximate surface area is 97.4 Å². The maximum Gasteiger partial charge on any atom is 0.0777 e. The summed E-state index contributed by atoms with van der Waals surface area (Å²) in [5.74, 6) is 0. The average molecular weight is 222 g/mol. The molecule has 0 aliphatic carbocycles. The third-order valence-corrected chi connectivity index (χ3v) is 3.32. The molecule has 2 N–H and O–H groups in total. The molecule has 0 saturated carbocycles. The molecule has 1 unspecified atom stereocenters. The lowest BCUT2D eigenvalue weighted by Gasteiger charge is -2.48. The molecule has 0 spiro atoms. The third-order valence-electron chi connectivity index (χ3n) is 3.32. The van der Waals surface area contributed by atoms with Crippen molar-refractivity contribution in [1.82, 2.24) is 14.7 Å². The van der Waals surface area contributed by atoms with Crippen molar-refractivity contribution in [1.29, 1.82) is 0 Å². The summed E-state index contributed by atoms with van der Waals surface area (Å²) in [5, 5.41) is 4.39. The van der Waals surface area contributed by atoms with Crippen LogP contribution < -0.4 is 5.73 Å². The van der Waals surface area contributed by atoms with Crippen LogP contribution in [0.3, 0.4) is 0 Å². The van der Waals surface area contributed by atoms with Crippen molar-refractivity contribution in [2.45, 2.75) is 45.3 Å². The van der Waals surface area contributed by atoms with Gasteiger partial charge in [0.1, 0.15) is 0 Å². The van der Waals surface area contributed by atoms with Crippen LogP contribution in [0.4, 0.5) is 0 Å².